The first-order valence-corrected chi connectivity index (χ1v) is 7.02. The van der Waals surface area contributed by atoms with Gasteiger partial charge in [-0.25, -0.2) is 0 Å². The molecule has 2 N–H and O–H groups in total. The summed E-state index contributed by atoms with van der Waals surface area (Å²) in [5.41, 5.74) is 5.43. The van der Waals surface area contributed by atoms with Crippen LogP contribution in [0.25, 0.3) is 0 Å². The Morgan fingerprint density at radius 1 is 1.29 bits per heavy atom. The lowest BCUT2D eigenvalue weighted by molar-refractivity contribution is -0.130. The highest BCUT2D eigenvalue weighted by atomic mass is 32.1. The number of hydrogen-bond donors (Lipinski definition) is 1. The fourth-order valence-corrected chi connectivity index (χ4v) is 2.49. The number of carbonyl (C=O) groups excluding carboxylic acids is 1. The van der Waals surface area contributed by atoms with Crippen LogP contribution in [0.3, 0.4) is 0 Å². The summed E-state index contributed by atoms with van der Waals surface area (Å²) in [6, 6.07) is 0. The molecule has 1 aliphatic rings. The van der Waals surface area contributed by atoms with E-state index in [1.165, 1.54) is 32.1 Å². The van der Waals surface area contributed by atoms with Gasteiger partial charge in [0.2, 0.25) is 5.91 Å². The highest BCUT2D eigenvalue weighted by molar-refractivity contribution is 7.80. The number of nitrogens with two attached hydrogens (primary N) is 1. The predicted octanol–water partition coefficient (Wildman–Crippen LogP) is 2.48. The number of rotatable bonds is 6. The third-order valence-corrected chi connectivity index (χ3v) is 3.81. The Morgan fingerprint density at radius 2 is 1.94 bits per heavy atom. The zero-order valence-corrected chi connectivity index (χ0v) is 11.6. The SMILES string of the molecule is CN(CCC(N)=S)C(=O)CCC1CCCCC1. The molecule has 4 heteroatoms. The lowest BCUT2D eigenvalue weighted by Gasteiger charge is -2.22. The molecule has 0 saturated heterocycles. The molecule has 0 bridgehead atoms. The maximum absolute atomic E-state index is 11.8. The van der Waals surface area contributed by atoms with Gasteiger partial charge in [-0.05, 0) is 12.3 Å². The van der Waals surface area contributed by atoms with Gasteiger partial charge in [0.25, 0.3) is 0 Å². The van der Waals surface area contributed by atoms with Crippen molar-refractivity contribution in [2.45, 2.75) is 51.4 Å². The molecule has 0 unspecified atom stereocenters. The number of hydrogen-bond acceptors (Lipinski definition) is 2. The first-order chi connectivity index (χ1) is 8.09. The second kappa shape index (κ2) is 7.64. The van der Waals surface area contributed by atoms with Crippen LogP contribution in [0.15, 0.2) is 0 Å². The molecule has 0 aromatic rings. The van der Waals surface area contributed by atoms with E-state index in [1.807, 2.05) is 7.05 Å². The van der Waals surface area contributed by atoms with Gasteiger partial charge in [-0.2, -0.15) is 0 Å². The van der Waals surface area contributed by atoms with E-state index in [0.29, 0.717) is 24.4 Å². The summed E-state index contributed by atoms with van der Waals surface area (Å²) in [5, 5.41) is 0. The van der Waals surface area contributed by atoms with E-state index in [4.69, 9.17) is 18.0 Å². The number of thiocarbonyl (C=S) groups is 1. The van der Waals surface area contributed by atoms with Crippen LogP contribution in [0.4, 0.5) is 0 Å². The molecule has 1 aliphatic carbocycles. The second-order valence-corrected chi connectivity index (χ2v) is 5.60. The Morgan fingerprint density at radius 3 is 2.53 bits per heavy atom. The normalized spacial score (nSPS) is 16.8. The molecule has 98 valence electrons. The van der Waals surface area contributed by atoms with Gasteiger partial charge < -0.3 is 10.6 Å². The van der Waals surface area contributed by atoms with Crippen LogP contribution in [0.2, 0.25) is 0 Å². The van der Waals surface area contributed by atoms with Crippen molar-refractivity contribution in [3.05, 3.63) is 0 Å². The molecular formula is C13H24N2OS. The first-order valence-electron chi connectivity index (χ1n) is 6.62. The van der Waals surface area contributed by atoms with Crippen LogP contribution in [0.1, 0.15) is 51.4 Å². The van der Waals surface area contributed by atoms with Crippen molar-refractivity contribution in [3.63, 3.8) is 0 Å². The van der Waals surface area contributed by atoms with E-state index in [1.54, 1.807) is 4.90 Å². The average molecular weight is 256 g/mol. The number of carbonyl (C=O) groups is 1. The quantitative estimate of drug-likeness (QED) is 0.743. The van der Waals surface area contributed by atoms with Gasteiger partial charge >= 0.3 is 0 Å². The van der Waals surface area contributed by atoms with Gasteiger partial charge in [-0.1, -0.05) is 44.3 Å². The predicted molar refractivity (Wildman–Crippen MR) is 74.8 cm³/mol. The molecule has 3 nitrogen and oxygen atoms in total. The van der Waals surface area contributed by atoms with Crippen molar-refractivity contribution in [3.8, 4) is 0 Å². The molecule has 0 heterocycles. The van der Waals surface area contributed by atoms with Crippen molar-refractivity contribution in [1.29, 1.82) is 0 Å². The molecule has 1 fully saturated rings. The number of nitrogens with zero attached hydrogens (tertiary/aromatic N) is 1. The summed E-state index contributed by atoms with van der Waals surface area (Å²) in [5.74, 6) is 1.00. The highest BCUT2D eigenvalue weighted by Gasteiger charge is 2.16. The van der Waals surface area contributed by atoms with E-state index in [9.17, 15) is 4.79 Å². The third-order valence-electron chi connectivity index (χ3n) is 3.61. The molecule has 0 aromatic heterocycles. The van der Waals surface area contributed by atoms with Gasteiger partial charge in [0.15, 0.2) is 0 Å². The lowest BCUT2D eigenvalue weighted by Crippen LogP contribution is -2.30. The van der Waals surface area contributed by atoms with Gasteiger partial charge in [0, 0.05) is 26.4 Å². The standard InChI is InChI=1S/C13H24N2OS/c1-15(10-9-12(14)17)13(16)8-7-11-5-3-2-4-6-11/h11H,2-10H2,1H3,(H2,14,17). The first kappa shape index (κ1) is 14.4. The Balaban J connectivity index is 2.16. The van der Waals surface area contributed by atoms with Crippen LogP contribution < -0.4 is 5.73 Å². The van der Waals surface area contributed by atoms with Gasteiger partial charge in [0.05, 0.1) is 4.99 Å². The van der Waals surface area contributed by atoms with E-state index in [0.717, 1.165) is 12.3 Å². The Kier molecular flexibility index (Phi) is 6.48. The largest absolute Gasteiger partial charge is 0.393 e. The van der Waals surface area contributed by atoms with Gasteiger partial charge in [0.1, 0.15) is 0 Å². The minimum Gasteiger partial charge on any atom is -0.393 e. The van der Waals surface area contributed by atoms with Crippen LogP contribution in [0, 0.1) is 5.92 Å². The Bertz CT molecular complexity index is 262. The van der Waals surface area contributed by atoms with Crippen molar-refractivity contribution in [2.24, 2.45) is 11.7 Å². The summed E-state index contributed by atoms with van der Waals surface area (Å²) < 4.78 is 0. The third kappa shape index (κ3) is 6.01. The van der Waals surface area contributed by atoms with E-state index < -0.39 is 0 Å². The molecule has 0 atom stereocenters. The summed E-state index contributed by atoms with van der Waals surface area (Å²) in [4.78, 5) is 14.1. The zero-order chi connectivity index (χ0) is 12.7. The average Bonchev–Trinajstić information content (AvgIpc) is 2.34. The fraction of sp³-hybridized carbons (Fsp3) is 0.846. The summed E-state index contributed by atoms with van der Waals surface area (Å²) >= 11 is 4.81. The van der Waals surface area contributed by atoms with Crippen molar-refractivity contribution >= 4 is 23.1 Å². The molecule has 0 radical (unpaired) electrons. The summed E-state index contributed by atoms with van der Waals surface area (Å²) in [6.45, 7) is 0.652. The molecule has 1 saturated carbocycles. The van der Waals surface area contributed by atoms with Gasteiger partial charge in [-0.3, -0.25) is 4.79 Å². The van der Waals surface area contributed by atoms with Gasteiger partial charge in [-0.15, -0.1) is 0 Å². The van der Waals surface area contributed by atoms with Crippen LogP contribution >= 0.6 is 12.2 Å². The summed E-state index contributed by atoms with van der Waals surface area (Å²) in [7, 11) is 1.83. The summed E-state index contributed by atoms with van der Waals surface area (Å²) in [6.07, 6.45) is 9.04. The second-order valence-electron chi connectivity index (χ2n) is 5.07. The smallest absolute Gasteiger partial charge is 0.222 e. The van der Waals surface area contributed by atoms with Crippen molar-refractivity contribution in [2.75, 3.05) is 13.6 Å². The fourth-order valence-electron chi connectivity index (χ4n) is 2.40. The molecule has 0 aromatic carbocycles. The molecular weight excluding hydrogens is 232 g/mol. The topological polar surface area (TPSA) is 46.3 Å². The Labute approximate surface area is 110 Å². The minimum absolute atomic E-state index is 0.229. The minimum atomic E-state index is 0.229. The van der Waals surface area contributed by atoms with Crippen molar-refractivity contribution < 1.29 is 4.79 Å². The highest BCUT2D eigenvalue weighted by Crippen LogP contribution is 2.27. The molecule has 17 heavy (non-hydrogen) atoms. The zero-order valence-electron chi connectivity index (χ0n) is 10.8. The maximum Gasteiger partial charge on any atom is 0.222 e. The van der Waals surface area contributed by atoms with Crippen LogP contribution in [0.5, 0.6) is 0 Å². The van der Waals surface area contributed by atoms with Crippen molar-refractivity contribution in [1.82, 2.24) is 4.90 Å². The number of amides is 1. The monoisotopic (exact) mass is 256 g/mol. The van der Waals surface area contributed by atoms with E-state index in [-0.39, 0.29) is 5.91 Å². The molecule has 1 rings (SSSR count). The molecule has 1 amide bonds. The molecule has 0 aliphatic heterocycles. The molecule has 0 spiro atoms. The Hall–Kier alpha value is -0.640. The van der Waals surface area contributed by atoms with Crippen LogP contribution in [-0.4, -0.2) is 29.4 Å². The van der Waals surface area contributed by atoms with E-state index >= 15 is 0 Å². The lowest BCUT2D eigenvalue weighted by atomic mass is 9.86. The van der Waals surface area contributed by atoms with Crippen LogP contribution in [-0.2, 0) is 4.79 Å². The maximum atomic E-state index is 11.8. The van der Waals surface area contributed by atoms with E-state index in [2.05, 4.69) is 0 Å².